The van der Waals surface area contributed by atoms with E-state index in [9.17, 15) is 4.39 Å². The fraction of sp³-hybridized carbons (Fsp3) is 0.190. The van der Waals surface area contributed by atoms with Gasteiger partial charge in [-0.05, 0) is 73.2 Å². The third-order valence-corrected chi connectivity index (χ3v) is 5.83. The molecule has 0 saturated carbocycles. The molecule has 27 heavy (non-hydrogen) atoms. The molecule has 5 rings (SSSR count). The molecule has 0 saturated heterocycles. The maximum absolute atomic E-state index is 13.3. The van der Waals surface area contributed by atoms with Gasteiger partial charge < -0.3 is 5.32 Å². The van der Waals surface area contributed by atoms with Gasteiger partial charge in [-0.2, -0.15) is 0 Å². The SMILES string of the molecule is Fc1ccc2nc(Nc3ccc(-c4ccc5c(c4)CCCC5)nn3)sc2c1. The Hall–Kier alpha value is -2.86. The lowest BCUT2D eigenvalue weighted by Crippen LogP contribution is -2.02. The standard InChI is InChI=1S/C21H17FN4S/c22-16-7-8-18-19(12-16)27-21(23-18)24-20-10-9-17(25-26-20)15-6-5-13-3-1-2-4-14(13)11-15/h5-12H,1-4H2,(H,23,24,26). The molecule has 0 unspecified atom stereocenters. The van der Waals surface area contributed by atoms with E-state index in [1.54, 1.807) is 6.07 Å². The minimum absolute atomic E-state index is 0.258. The number of hydrogen-bond donors (Lipinski definition) is 1. The van der Waals surface area contributed by atoms with Crippen molar-refractivity contribution < 1.29 is 4.39 Å². The summed E-state index contributed by atoms with van der Waals surface area (Å²) in [6, 6.07) is 15.0. The summed E-state index contributed by atoms with van der Waals surface area (Å²) in [7, 11) is 0. The van der Waals surface area contributed by atoms with Crippen LogP contribution in [0.25, 0.3) is 21.5 Å². The van der Waals surface area contributed by atoms with Crippen LogP contribution in [-0.2, 0) is 12.8 Å². The summed E-state index contributed by atoms with van der Waals surface area (Å²) in [6.07, 6.45) is 4.87. The zero-order chi connectivity index (χ0) is 18.2. The van der Waals surface area contributed by atoms with Crippen LogP contribution in [-0.4, -0.2) is 15.2 Å². The molecule has 0 bridgehead atoms. The zero-order valence-electron chi connectivity index (χ0n) is 14.6. The molecule has 0 amide bonds. The molecule has 134 valence electrons. The van der Waals surface area contributed by atoms with E-state index in [-0.39, 0.29) is 5.82 Å². The Morgan fingerprint density at radius 3 is 2.63 bits per heavy atom. The van der Waals surface area contributed by atoms with Crippen LogP contribution < -0.4 is 5.32 Å². The van der Waals surface area contributed by atoms with E-state index in [0.29, 0.717) is 10.9 Å². The van der Waals surface area contributed by atoms with Crippen molar-refractivity contribution in [1.29, 1.82) is 0 Å². The molecule has 6 heteroatoms. The Morgan fingerprint density at radius 1 is 0.889 bits per heavy atom. The van der Waals surface area contributed by atoms with Crippen LogP contribution in [0.15, 0.2) is 48.5 Å². The van der Waals surface area contributed by atoms with Crippen LogP contribution in [0.5, 0.6) is 0 Å². The second-order valence-electron chi connectivity index (χ2n) is 6.75. The average molecular weight is 376 g/mol. The van der Waals surface area contributed by atoms with Gasteiger partial charge in [0.15, 0.2) is 10.9 Å². The molecule has 0 spiro atoms. The second-order valence-corrected chi connectivity index (χ2v) is 7.78. The minimum atomic E-state index is -0.258. The molecule has 0 fully saturated rings. The summed E-state index contributed by atoms with van der Waals surface area (Å²) in [5.41, 5.74) is 5.63. The fourth-order valence-corrected chi connectivity index (χ4v) is 4.40. The van der Waals surface area contributed by atoms with E-state index in [2.05, 4.69) is 38.7 Å². The van der Waals surface area contributed by atoms with Crippen molar-refractivity contribution in [3.8, 4) is 11.3 Å². The van der Waals surface area contributed by atoms with Gasteiger partial charge in [0, 0.05) is 5.56 Å². The van der Waals surface area contributed by atoms with Crippen molar-refractivity contribution in [3.63, 3.8) is 0 Å². The number of anilines is 2. The molecule has 2 aromatic heterocycles. The highest BCUT2D eigenvalue weighted by Gasteiger charge is 2.11. The normalized spacial score (nSPS) is 13.5. The Bertz CT molecular complexity index is 1120. The highest BCUT2D eigenvalue weighted by atomic mass is 32.1. The third-order valence-electron chi connectivity index (χ3n) is 4.89. The van der Waals surface area contributed by atoms with Gasteiger partial charge in [-0.15, -0.1) is 10.2 Å². The average Bonchev–Trinajstić information content (AvgIpc) is 3.09. The molecule has 1 N–H and O–H groups in total. The Morgan fingerprint density at radius 2 is 1.78 bits per heavy atom. The summed E-state index contributed by atoms with van der Waals surface area (Å²) in [5, 5.41) is 12.5. The second kappa shape index (κ2) is 6.70. The Labute approximate surface area is 160 Å². The van der Waals surface area contributed by atoms with Gasteiger partial charge in [0.1, 0.15) is 5.82 Å². The van der Waals surface area contributed by atoms with Crippen LogP contribution in [0.4, 0.5) is 15.3 Å². The first kappa shape index (κ1) is 16.3. The Balaban J connectivity index is 1.38. The highest BCUT2D eigenvalue weighted by Crippen LogP contribution is 2.29. The van der Waals surface area contributed by atoms with Gasteiger partial charge >= 0.3 is 0 Å². The van der Waals surface area contributed by atoms with Crippen LogP contribution >= 0.6 is 11.3 Å². The number of nitrogens with one attached hydrogen (secondary N) is 1. The summed E-state index contributed by atoms with van der Waals surface area (Å²) in [6.45, 7) is 0. The molecule has 0 aliphatic heterocycles. The molecule has 4 nitrogen and oxygen atoms in total. The number of hydrogen-bond acceptors (Lipinski definition) is 5. The van der Waals surface area contributed by atoms with E-state index in [1.807, 2.05) is 12.1 Å². The molecule has 1 aliphatic carbocycles. The number of benzene rings is 2. The van der Waals surface area contributed by atoms with E-state index in [4.69, 9.17) is 0 Å². The quantitative estimate of drug-likeness (QED) is 0.512. The third kappa shape index (κ3) is 3.28. The van der Waals surface area contributed by atoms with E-state index < -0.39 is 0 Å². The molecule has 2 heterocycles. The van der Waals surface area contributed by atoms with Crippen LogP contribution in [0.1, 0.15) is 24.0 Å². The Kier molecular flexibility index (Phi) is 4.05. The monoisotopic (exact) mass is 376 g/mol. The molecule has 0 atom stereocenters. The molecule has 0 radical (unpaired) electrons. The number of halogens is 1. The number of aromatic nitrogens is 3. The number of nitrogens with zero attached hydrogens (tertiary/aromatic N) is 3. The molecular formula is C21H17FN4S. The zero-order valence-corrected chi connectivity index (χ0v) is 15.4. The summed E-state index contributed by atoms with van der Waals surface area (Å²) >= 11 is 1.39. The van der Waals surface area contributed by atoms with Crippen molar-refractivity contribution in [3.05, 3.63) is 65.5 Å². The van der Waals surface area contributed by atoms with E-state index in [1.165, 1.54) is 53.9 Å². The number of rotatable bonds is 3. The van der Waals surface area contributed by atoms with Crippen LogP contribution in [0, 0.1) is 5.82 Å². The molecular weight excluding hydrogens is 359 g/mol. The smallest absolute Gasteiger partial charge is 0.189 e. The van der Waals surface area contributed by atoms with E-state index >= 15 is 0 Å². The molecule has 4 aromatic rings. The first-order valence-corrected chi connectivity index (χ1v) is 9.85. The van der Waals surface area contributed by atoms with Crippen molar-refractivity contribution in [2.75, 3.05) is 5.32 Å². The van der Waals surface area contributed by atoms with Gasteiger partial charge in [0.25, 0.3) is 0 Å². The molecule has 1 aliphatic rings. The van der Waals surface area contributed by atoms with Gasteiger partial charge in [-0.1, -0.05) is 23.5 Å². The maximum Gasteiger partial charge on any atom is 0.189 e. The maximum atomic E-state index is 13.3. The predicted molar refractivity (Wildman–Crippen MR) is 107 cm³/mol. The molecule has 2 aromatic carbocycles. The van der Waals surface area contributed by atoms with Crippen molar-refractivity contribution >= 4 is 32.5 Å². The highest BCUT2D eigenvalue weighted by molar-refractivity contribution is 7.22. The number of thiazole rings is 1. The topological polar surface area (TPSA) is 50.7 Å². The predicted octanol–water partition coefficient (Wildman–Crippen LogP) is 5.51. The van der Waals surface area contributed by atoms with Gasteiger partial charge in [-0.3, -0.25) is 0 Å². The lowest BCUT2D eigenvalue weighted by Gasteiger charge is -2.16. The van der Waals surface area contributed by atoms with Crippen LogP contribution in [0.2, 0.25) is 0 Å². The van der Waals surface area contributed by atoms with Crippen molar-refractivity contribution in [1.82, 2.24) is 15.2 Å². The summed E-state index contributed by atoms with van der Waals surface area (Å²) in [4.78, 5) is 4.45. The number of fused-ring (bicyclic) bond motifs is 2. The van der Waals surface area contributed by atoms with Crippen molar-refractivity contribution in [2.24, 2.45) is 0 Å². The summed E-state index contributed by atoms with van der Waals surface area (Å²) < 4.78 is 14.1. The van der Waals surface area contributed by atoms with Crippen molar-refractivity contribution in [2.45, 2.75) is 25.7 Å². The van der Waals surface area contributed by atoms with Gasteiger partial charge in [0.05, 0.1) is 15.9 Å². The van der Waals surface area contributed by atoms with E-state index in [0.717, 1.165) is 27.9 Å². The fourth-order valence-electron chi connectivity index (χ4n) is 3.51. The minimum Gasteiger partial charge on any atom is -0.315 e. The van der Waals surface area contributed by atoms with Crippen LogP contribution in [0.3, 0.4) is 0 Å². The van der Waals surface area contributed by atoms with Gasteiger partial charge in [-0.25, -0.2) is 9.37 Å². The number of aryl methyl sites for hydroxylation is 2. The van der Waals surface area contributed by atoms with Gasteiger partial charge in [0.2, 0.25) is 0 Å². The first-order valence-electron chi connectivity index (χ1n) is 9.04. The summed E-state index contributed by atoms with van der Waals surface area (Å²) in [5.74, 6) is 0.364. The lowest BCUT2D eigenvalue weighted by atomic mass is 9.90. The first-order chi connectivity index (χ1) is 13.2. The lowest BCUT2D eigenvalue weighted by molar-refractivity contribution is 0.630. The largest absolute Gasteiger partial charge is 0.315 e.